The Balaban J connectivity index is 1.77. The lowest BCUT2D eigenvalue weighted by Crippen LogP contribution is -2.50. The molecule has 0 N–H and O–H groups in total. The second-order valence-electron chi connectivity index (χ2n) is 6.81. The first-order chi connectivity index (χ1) is 13.1. The van der Waals surface area contributed by atoms with E-state index in [1.165, 1.54) is 11.0 Å². The maximum Gasteiger partial charge on any atom is 0.248 e. The van der Waals surface area contributed by atoms with Crippen molar-refractivity contribution in [1.29, 1.82) is 0 Å². The van der Waals surface area contributed by atoms with Gasteiger partial charge >= 0.3 is 0 Å². The summed E-state index contributed by atoms with van der Waals surface area (Å²) in [7, 11) is 1.64. The van der Waals surface area contributed by atoms with Crippen molar-refractivity contribution in [2.45, 2.75) is 12.3 Å². The van der Waals surface area contributed by atoms with Gasteiger partial charge in [0.05, 0.1) is 11.0 Å². The van der Waals surface area contributed by atoms with Gasteiger partial charge in [-0.2, -0.15) is 4.99 Å². The van der Waals surface area contributed by atoms with Gasteiger partial charge in [-0.15, -0.1) is 0 Å². The molecule has 0 radical (unpaired) electrons. The first kappa shape index (κ1) is 15.9. The number of benzene rings is 2. The highest BCUT2D eigenvalue weighted by Gasteiger charge is 2.47. The van der Waals surface area contributed by atoms with Crippen molar-refractivity contribution < 1.29 is 14.0 Å². The summed E-state index contributed by atoms with van der Waals surface area (Å²) in [5, 5.41) is 0. The third-order valence-electron chi connectivity index (χ3n) is 5.29. The zero-order valence-electron chi connectivity index (χ0n) is 14.5. The lowest BCUT2D eigenvalue weighted by Gasteiger charge is -2.37. The fourth-order valence-corrected chi connectivity index (χ4v) is 4.04. The smallest absolute Gasteiger partial charge is 0.248 e. The first-order valence-corrected chi connectivity index (χ1v) is 8.67. The first-order valence-electron chi connectivity index (χ1n) is 8.67. The monoisotopic (exact) mass is 362 g/mol. The molecule has 5 rings (SSSR count). The average Bonchev–Trinajstić information content (AvgIpc) is 3.06. The topological polar surface area (TPSA) is 67.6 Å². The molecule has 0 aliphatic carbocycles. The Morgan fingerprint density at radius 3 is 2.63 bits per heavy atom. The van der Waals surface area contributed by atoms with Crippen LogP contribution in [-0.4, -0.2) is 34.2 Å². The lowest BCUT2D eigenvalue weighted by atomic mass is 9.79. The van der Waals surface area contributed by atoms with Crippen LogP contribution >= 0.6 is 0 Å². The van der Waals surface area contributed by atoms with E-state index in [0.29, 0.717) is 22.9 Å². The van der Waals surface area contributed by atoms with Crippen LogP contribution in [0.4, 0.5) is 10.3 Å². The summed E-state index contributed by atoms with van der Waals surface area (Å²) in [6.45, 7) is 0. The van der Waals surface area contributed by atoms with E-state index >= 15 is 0 Å². The van der Waals surface area contributed by atoms with Crippen LogP contribution in [0.1, 0.15) is 17.9 Å². The van der Waals surface area contributed by atoms with E-state index in [-0.39, 0.29) is 18.2 Å². The summed E-state index contributed by atoms with van der Waals surface area (Å²) < 4.78 is 16.2. The minimum atomic E-state index is -0.741. The number of para-hydroxylation sites is 2. The Bertz CT molecular complexity index is 1150. The van der Waals surface area contributed by atoms with Crippen LogP contribution in [0.15, 0.2) is 53.5 Å². The van der Waals surface area contributed by atoms with Gasteiger partial charge in [-0.25, -0.2) is 9.37 Å². The Morgan fingerprint density at radius 2 is 1.81 bits per heavy atom. The number of hydrogen-bond donors (Lipinski definition) is 0. The van der Waals surface area contributed by atoms with E-state index in [4.69, 9.17) is 0 Å². The van der Waals surface area contributed by atoms with Crippen molar-refractivity contribution in [2.24, 2.45) is 10.9 Å². The Hall–Kier alpha value is -3.35. The molecule has 134 valence electrons. The lowest BCUT2D eigenvalue weighted by molar-refractivity contribution is -0.123. The number of rotatable bonds is 1. The zero-order chi connectivity index (χ0) is 18.7. The standard InChI is InChI=1S/C20H15FN4O2/c1-24-19(27)17-12(11-6-2-3-7-13(11)21)10-16(26)23-18(17)25-15-9-5-4-8-14(15)22-20(24)25/h2-9,12,17H,10H2,1H3. The Labute approximate surface area is 153 Å². The van der Waals surface area contributed by atoms with Crippen LogP contribution in [0.3, 0.4) is 0 Å². The number of aliphatic imine (C=N–C) groups is 1. The SMILES string of the molecule is CN1C(=O)C2C(=NC(=O)CC2c2ccccc2F)n2c1nc1ccccc12. The van der Waals surface area contributed by atoms with Crippen molar-refractivity contribution in [2.75, 3.05) is 11.9 Å². The van der Waals surface area contributed by atoms with Crippen molar-refractivity contribution in [1.82, 2.24) is 9.55 Å². The molecule has 6 nitrogen and oxygen atoms in total. The number of carbonyl (C=O) groups excluding carboxylic acids is 2. The van der Waals surface area contributed by atoms with Gasteiger partial charge in [-0.1, -0.05) is 30.3 Å². The van der Waals surface area contributed by atoms with Gasteiger partial charge < -0.3 is 0 Å². The summed E-state index contributed by atoms with van der Waals surface area (Å²) in [5.74, 6) is -1.63. The van der Waals surface area contributed by atoms with Gasteiger partial charge in [0.2, 0.25) is 17.8 Å². The molecule has 0 saturated heterocycles. The number of hydrogen-bond acceptors (Lipinski definition) is 3. The van der Waals surface area contributed by atoms with Crippen LogP contribution in [0.25, 0.3) is 11.0 Å². The van der Waals surface area contributed by atoms with E-state index in [1.54, 1.807) is 29.8 Å². The Kier molecular flexibility index (Phi) is 3.28. The second-order valence-corrected chi connectivity index (χ2v) is 6.81. The highest BCUT2D eigenvalue weighted by Crippen LogP contribution is 2.40. The molecule has 2 amide bonds. The average molecular weight is 362 g/mol. The van der Waals surface area contributed by atoms with Crippen molar-refractivity contribution in [3.8, 4) is 0 Å². The fraction of sp³-hybridized carbons (Fsp3) is 0.200. The maximum atomic E-state index is 14.5. The largest absolute Gasteiger partial charge is 0.284 e. The molecule has 2 atom stereocenters. The van der Waals surface area contributed by atoms with Crippen LogP contribution < -0.4 is 4.90 Å². The summed E-state index contributed by atoms with van der Waals surface area (Å²) in [6.07, 6.45) is -0.00333. The fourth-order valence-electron chi connectivity index (χ4n) is 4.04. The van der Waals surface area contributed by atoms with Gasteiger partial charge in [-0.05, 0) is 23.8 Å². The molecule has 3 heterocycles. The maximum absolute atomic E-state index is 14.5. The van der Waals surface area contributed by atoms with Gasteiger partial charge in [0.15, 0.2) is 0 Å². The molecule has 0 saturated carbocycles. The third-order valence-corrected chi connectivity index (χ3v) is 5.29. The molecule has 0 spiro atoms. The number of carbonyl (C=O) groups is 2. The summed E-state index contributed by atoms with van der Waals surface area (Å²) >= 11 is 0. The molecular formula is C20H15FN4O2. The number of imidazole rings is 1. The molecule has 0 bridgehead atoms. The van der Waals surface area contributed by atoms with E-state index in [1.807, 2.05) is 24.3 Å². The molecule has 2 aromatic carbocycles. The summed E-state index contributed by atoms with van der Waals surface area (Å²) in [4.78, 5) is 35.7. The summed E-state index contributed by atoms with van der Waals surface area (Å²) in [6, 6.07) is 13.7. The van der Waals surface area contributed by atoms with E-state index in [0.717, 1.165) is 5.52 Å². The predicted octanol–water partition coefficient (Wildman–Crippen LogP) is 2.73. The minimum absolute atomic E-state index is 0.00333. The van der Waals surface area contributed by atoms with Crippen molar-refractivity contribution >= 4 is 34.6 Å². The van der Waals surface area contributed by atoms with Gasteiger partial charge in [-0.3, -0.25) is 19.1 Å². The minimum Gasteiger partial charge on any atom is -0.284 e. The number of amides is 2. The summed E-state index contributed by atoms with van der Waals surface area (Å²) in [5.41, 5.74) is 1.83. The highest BCUT2D eigenvalue weighted by molar-refractivity contribution is 6.20. The molecular weight excluding hydrogens is 347 g/mol. The van der Waals surface area contributed by atoms with Crippen molar-refractivity contribution in [3.05, 3.63) is 59.9 Å². The van der Waals surface area contributed by atoms with Crippen molar-refractivity contribution in [3.63, 3.8) is 0 Å². The van der Waals surface area contributed by atoms with Gasteiger partial charge in [0.25, 0.3) is 0 Å². The molecule has 1 aromatic heterocycles. The highest BCUT2D eigenvalue weighted by atomic mass is 19.1. The normalized spacial score (nSPS) is 21.9. The second kappa shape index (κ2) is 5.57. The van der Waals surface area contributed by atoms with Crippen LogP contribution in [0.2, 0.25) is 0 Å². The van der Waals surface area contributed by atoms with Crippen LogP contribution in [0, 0.1) is 11.7 Å². The molecule has 2 aliphatic rings. The molecule has 7 heteroatoms. The zero-order valence-corrected chi connectivity index (χ0v) is 14.5. The van der Waals surface area contributed by atoms with Crippen LogP contribution in [0.5, 0.6) is 0 Å². The third kappa shape index (κ3) is 2.17. The van der Waals surface area contributed by atoms with E-state index in [9.17, 15) is 14.0 Å². The van der Waals surface area contributed by atoms with E-state index in [2.05, 4.69) is 9.98 Å². The quantitative estimate of drug-likeness (QED) is 0.668. The molecule has 27 heavy (non-hydrogen) atoms. The number of anilines is 1. The predicted molar refractivity (Wildman–Crippen MR) is 98.2 cm³/mol. The molecule has 2 aliphatic heterocycles. The number of aromatic nitrogens is 2. The van der Waals surface area contributed by atoms with Gasteiger partial charge in [0.1, 0.15) is 17.6 Å². The van der Waals surface area contributed by atoms with Crippen LogP contribution in [-0.2, 0) is 9.59 Å². The Morgan fingerprint density at radius 1 is 1.07 bits per heavy atom. The van der Waals surface area contributed by atoms with E-state index < -0.39 is 17.7 Å². The number of halogens is 1. The molecule has 2 unspecified atom stereocenters. The van der Waals surface area contributed by atoms with Gasteiger partial charge in [0, 0.05) is 19.4 Å². The number of nitrogens with zero attached hydrogens (tertiary/aromatic N) is 4. The number of fused-ring (bicyclic) bond motifs is 5. The molecule has 0 fully saturated rings. The molecule has 3 aromatic rings.